The number of hydrogen-bond acceptors (Lipinski definition) is 5. The second kappa shape index (κ2) is 9.70. The van der Waals surface area contributed by atoms with Gasteiger partial charge in [0.25, 0.3) is 0 Å². The lowest BCUT2D eigenvalue weighted by Gasteiger charge is -2.40. The molecule has 0 radical (unpaired) electrons. The zero-order chi connectivity index (χ0) is 24.4. The number of rotatable bonds is 5. The van der Waals surface area contributed by atoms with E-state index in [1.807, 2.05) is 41.3 Å². The molecule has 0 unspecified atom stereocenters. The Balaban J connectivity index is 1.36. The highest BCUT2D eigenvalue weighted by Gasteiger charge is 2.29. The summed E-state index contributed by atoms with van der Waals surface area (Å²) in [6, 6.07) is 22.1. The Bertz CT molecular complexity index is 1340. The van der Waals surface area contributed by atoms with Gasteiger partial charge >= 0.3 is 0 Å². The van der Waals surface area contributed by atoms with Crippen LogP contribution in [0.15, 0.2) is 72.8 Å². The van der Waals surface area contributed by atoms with Gasteiger partial charge in [0.2, 0.25) is 5.91 Å². The number of fused-ring (bicyclic) bond motifs is 1. The van der Waals surface area contributed by atoms with Crippen LogP contribution < -0.4 is 9.64 Å². The first kappa shape index (κ1) is 22.8. The Labute approximate surface area is 204 Å². The standard InChI is InChI=1S/C28H27FN4O2/c1-19-18-32(15-16-33(19)26(34)17-20-7-11-22(29)12-8-20)28-25-6-4-3-5-24(25)27(30-31-28)21-9-13-23(35-2)14-10-21/h3-14,19H,15-18H2,1-2H3/t19-/m0/s1. The van der Waals surface area contributed by atoms with Crippen molar-refractivity contribution in [2.24, 2.45) is 0 Å². The highest BCUT2D eigenvalue weighted by atomic mass is 19.1. The number of amides is 1. The minimum Gasteiger partial charge on any atom is -0.497 e. The molecule has 1 aromatic heterocycles. The van der Waals surface area contributed by atoms with Crippen LogP contribution >= 0.6 is 0 Å². The number of halogens is 1. The maximum Gasteiger partial charge on any atom is 0.227 e. The molecule has 178 valence electrons. The van der Waals surface area contributed by atoms with Crippen molar-refractivity contribution in [3.8, 4) is 17.0 Å². The molecule has 0 N–H and O–H groups in total. The topological polar surface area (TPSA) is 58.6 Å². The molecule has 6 nitrogen and oxygen atoms in total. The van der Waals surface area contributed by atoms with E-state index in [0.717, 1.165) is 39.2 Å². The summed E-state index contributed by atoms with van der Waals surface area (Å²) in [7, 11) is 1.65. The molecule has 0 bridgehead atoms. The minimum atomic E-state index is -0.297. The van der Waals surface area contributed by atoms with E-state index in [1.54, 1.807) is 19.2 Å². The number of methoxy groups -OCH3 is 1. The molecule has 0 spiro atoms. The molecule has 35 heavy (non-hydrogen) atoms. The molecule has 1 aliphatic heterocycles. The average Bonchev–Trinajstić information content (AvgIpc) is 2.89. The van der Waals surface area contributed by atoms with Crippen molar-refractivity contribution in [3.63, 3.8) is 0 Å². The number of piperazine rings is 1. The van der Waals surface area contributed by atoms with Crippen molar-refractivity contribution < 1.29 is 13.9 Å². The molecule has 3 aromatic carbocycles. The third kappa shape index (κ3) is 4.67. The van der Waals surface area contributed by atoms with Crippen molar-refractivity contribution in [2.75, 3.05) is 31.6 Å². The molecule has 0 saturated carbocycles. The van der Waals surface area contributed by atoms with Crippen molar-refractivity contribution in [1.29, 1.82) is 0 Å². The van der Waals surface area contributed by atoms with Gasteiger partial charge in [0.1, 0.15) is 17.3 Å². The second-order valence-corrected chi connectivity index (χ2v) is 8.83. The number of benzene rings is 3. The number of carbonyl (C=O) groups excluding carboxylic acids is 1. The first-order valence-electron chi connectivity index (χ1n) is 11.7. The van der Waals surface area contributed by atoms with E-state index in [1.165, 1.54) is 12.1 Å². The van der Waals surface area contributed by atoms with Crippen LogP contribution in [0.5, 0.6) is 5.75 Å². The third-order valence-corrected chi connectivity index (χ3v) is 6.55. The number of ether oxygens (including phenoxy) is 1. The predicted octanol–water partition coefficient (Wildman–Crippen LogP) is 4.72. The fraction of sp³-hybridized carbons (Fsp3) is 0.250. The lowest BCUT2D eigenvalue weighted by atomic mass is 10.0. The van der Waals surface area contributed by atoms with Crippen LogP contribution in [0.2, 0.25) is 0 Å². The molecule has 1 atom stereocenters. The maximum atomic E-state index is 13.2. The summed E-state index contributed by atoms with van der Waals surface area (Å²) in [5.41, 5.74) is 2.62. The van der Waals surface area contributed by atoms with Crippen LogP contribution in [0.4, 0.5) is 10.2 Å². The number of aromatic nitrogens is 2. The first-order valence-corrected chi connectivity index (χ1v) is 11.7. The van der Waals surface area contributed by atoms with Crippen molar-refractivity contribution >= 4 is 22.5 Å². The van der Waals surface area contributed by atoms with E-state index in [0.29, 0.717) is 19.6 Å². The smallest absolute Gasteiger partial charge is 0.227 e. The number of carbonyl (C=O) groups is 1. The van der Waals surface area contributed by atoms with Gasteiger partial charge in [0.05, 0.1) is 13.5 Å². The van der Waals surface area contributed by atoms with Crippen molar-refractivity contribution in [1.82, 2.24) is 15.1 Å². The van der Waals surface area contributed by atoms with Crippen molar-refractivity contribution in [2.45, 2.75) is 19.4 Å². The Morgan fingerprint density at radius 3 is 2.37 bits per heavy atom. The van der Waals surface area contributed by atoms with E-state index in [2.05, 4.69) is 34.2 Å². The Morgan fingerprint density at radius 1 is 0.971 bits per heavy atom. The van der Waals surface area contributed by atoms with Gasteiger partial charge in [-0.25, -0.2) is 4.39 Å². The predicted molar refractivity (Wildman–Crippen MR) is 135 cm³/mol. The van der Waals surface area contributed by atoms with Crippen LogP contribution in [-0.4, -0.2) is 53.8 Å². The molecular weight excluding hydrogens is 443 g/mol. The monoisotopic (exact) mass is 470 g/mol. The van der Waals surface area contributed by atoms with Crippen LogP contribution in [0.1, 0.15) is 12.5 Å². The molecular formula is C28H27FN4O2. The van der Waals surface area contributed by atoms with E-state index >= 15 is 0 Å². The van der Waals surface area contributed by atoms with Crippen LogP contribution in [0, 0.1) is 5.82 Å². The zero-order valence-electron chi connectivity index (χ0n) is 19.8. The number of anilines is 1. The van der Waals surface area contributed by atoms with Gasteiger partial charge in [-0.1, -0.05) is 36.4 Å². The number of nitrogens with zero attached hydrogens (tertiary/aromatic N) is 4. The summed E-state index contributed by atoms with van der Waals surface area (Å²) in [6.07, 6.45) is 0.268. The van der Waals surface area contributed by atoms with Gasteiger partial charge in [-0.2, -0.15) is 0 Å². The average molecular weight is 471 g/mol. The fourth-order valence-corrected chi connectivity index (χ4v) is 4.68. The summed E-state index contributed by atoms with van der Waals surface area (Å²) in [5.74, 6) is 1.38. The van der Waals surface area contributed by atoms with Crippen LogP contribution in [0.3, 0.4) is 0 Å². The molecule has 1 aliphatic rings. The summed E-state index contributed by atoms with van der Waals surface area (Å²) in [6.45, 7) is 3.98. The zero-order valence-corrected chi connectivity index (χ0v) is 19.8. The molecule has 1 amide bonds. The van der Waals surface area contributed by atoms with E-state index in [9.17, 15) is 9.18 Å². The first-order chi connectivity index (χ1) is 17.0. The summed E-state index contributed by atoms with van der Waals surface area (Å²) in [4.78, 5) is 17.1. The molecule has 7 heteroatoms. The molecule has 1 fully saturated rings. The summed E-state index contributed by atoms with van der Waals surface area (Å²) < 4.78 is 18.5. The highest BCUT2D eigenvalue weighted by Crippen LogP contribution is 2.33. The van der Waals surface area contributed by atoms with Gasteiger partial charge < -0.3 is 14.5 Å². The van der Waals surface area contributed by atoms with Gasteiger partial charge in [0.15, 0.2) is 5.82 Å². The molecule has 0 aliphatic carbocycles. The lowest BCUT2D eigenvalue weighted by Crippen LogP contribution is -2.54. The Kier molecular flexibility index (Phi) is 6.31. The molecule has 1 saturated heterocycles. The highest BCUT2D eigenvalue weighted by molar-refractivity contribution is 6.00. The van der Waals surface area contributed by atoms with Gasteiger partial charge in [-0.15, -0.1) is 10.2 Å². The lowest BCUT2D eigenvalue weighted by molar-refractivity contribution is -0.132. The summed E-state index contributed by atoms with van der Waals surface area (Å²) >= 11 is 0. The van der Waals surface area contributed by atoms with Gasteiger partial charge in [-0.05, 0) is 48.9 Å². The largest absolute Gasteiger partial charge is 0.497 e. The van der Waals surface area contributed by atoms with Crippen molar-refractivity contribution in [3.05, 3.63) is 84.2 Å². The molecule has 2 heterocycles. The summed E-state index contributed by atoms with van der Waals surface area (Å²) in [5, 5.41) is 11.3. The van der Waals surface area contributed by atoms with E-state index < -0.39 is 0 Å². The van der Waals surface area contributed by atoms with E-state index in [4.69, 9.17) is 4.74 Å². The van der Waals surface area contributed by atoms with Gasteiger partial charge in [0, 0.05) is 42.0 Å². The third-order valence-electron chi connectivity index (χ3n) is 6.55. The minimum absolute atomic E-state index is 0.0125. The van der Waals surface area contributed by atoms with Crippen LogP contribution in [0.25, 0.3) is 22.0 Å². The Hall–Kier alpha value is -4.00. The molecule has 4 aromatic rings. The number of hydrogen-bond donors (Lipinski definition) is 0. The quantitative estimate of drug-likeness (QED) is 0.422. The normalized spacial score (nSPS) is 15.9. The fourth-order valence-electron chi connectivity index (χ4n) is 4.68. The molecule has 5 rings (SSSR count). The SMILES string of the molecule is COc1ccc(-c2nnc(N3CCN(C(=O)Cc4ccc(F)cc4)[C@@H](C)C3)c3ccccc23)cc1. The Morgan fingerprint density at radius 2 is 1.69 bits per heavy atom. The maximum absolute atomic E-state index is 13.2. The van der Waals surface area contributed by atoms with E-state index in [-0.39, 0.29) is 24.2 Å². The van der Waals surface area contributed by atoms with Gasteiger partial charge in [-0.3, -0.25) is 4.79 Å². The van der Waals surface area contributed by atoms with Crippen LogP contribution in [-0.2, 0) is 11.2 Å². The second-order valence-electron chi connectivity index (χ2n) is 8.83.